The number of carbonyl (C=O) groups excluding carboxylic acids is 2. The highest BCUT2D eigenvalue weighted by Gasteiger charge is 2.50. The van der Waals surface area contributed by atoms with Gasteiger partial charge in [0, 0.05) is 24.3 Å². The smallest absolute Gasteiger partial charge is 0.410 e. The highest BCUT2D eigenvalue weighted by atomic mass is 16.6. The number of aromatic hydroxyl groups is 1. The number of phenols is 1. The van der Waals surface area contributed by atoms with Gasteiger partial charge in [0.2, 0.25) is 5.91 Å². The molecule has 2 aliphatic rings. The zero-order chi connectivity index (χ0) is 18.1. The van der Waals surface area contributed by atoms with Gasteiger partial charge in [-0.1, -0.05) is 36.4 Å². The van der Waals surface area contributed by atoms with Crippen LogP contribution in [-0.4, -0.2) is 35.1 Å². The van der Waals surface area contributed by atoms with Crippen LogP contribution in [-0.2, 0) is 21.6 Å². The fraction of sp³-hybridized carbons (Fsp3) is 0.300. The van der Waals surface area contributed by atoms with Crippen molar-refractivity contribution in [3.8, 4) is 5.75 Å². The largest absolute Gasteiger partial charge is 0.508 e. The Balaban J connectivity index is 1.43. The van der Waals surface area contributed by atoms with Crippen LogP contribution in [0, 0.1) is 0 Å². The number of likely N-dealkylation sites (tertiary alicyclic amines) is 1. The van der Waals surface area contributed by atoms with Gasteiger partial charge in [-0.25, -0.2) is 4.79 Å². The number of hydrogen-bond acceptors (Lipinski definition) is 4. The van der Waals surface area contributed by atoms with Crippen molar-refractivity contribution in [2.45, 2.75) is 24.9 Å². The van der Waals surface area contributed by atoms with E-state index in [-0.39, 0.29) is 24.4 Å². The van der Waals surface area contributed by atoms with Crippen molar-refractivity contribution in [3.63, 3.8) is 0 Å². The lowest BCUT2D eigenvalue weighted by atomic mass is 9.73. The molecule has 2 aromatic rings. The molecule has 1 spiro atoms. The molecule has 0 aromatic heterocycles. The summed E-state index contributed by atoms with van der Waals surface area (Å²) in [6.45, 7) is 1.05. The summed E-state index contributed by atoms with van der Waals surface area (Å²) in [6.07, 6.45) is 0.549. The van der Waals surface area contributed by atoms with Crippen LogP contribution in [0.2, 0.25) is 0 Å². The number of nitrogens with one attached hydrogen (secondary N) is 1. The lowest BCUT2D eigenvalue weighted by Gasteiger charge is -2.37. The minimum atomic E-state index is -0.767. The fourth-order valence-electron chi connectivity index (χ4n) is 3.86. The van der Waals surface area contributed by atoms with E-state index in [2.05, 4.69) is 5.32 Å². The molecular formula is C20H20N2O4. The molecule has 0 radical (unpaired) electrons. The molecule has 26 heavy (non-hydrogen) atoms. The van der Waals surface area contributed by atoms with E-state index in [9.17, 15) is 14.7 Å². The zero-order valence-corrected chi connectivity index (χ0v) is 14.3. The number of carbonyl (C=O) groups is 2. The Morgan fingerprint density at radius 3 is 2.58 bits per heavy atom. The van der Waals surface area contributed by atoms with Gasteiger partial charge in [0.1, 0.15) is 12.4 Å². The van der Waals surface area contributed by atoms with E-state index in [4.69, 9.17) is 4.74 Å². The van der Waals surface area contributed by atoms with Crippen molar-refractivity contribution < 1.29 is 19.4 Å². The summed E-state index contributed by atoms with van der Waals surface area (Å²) in [5.74, 6) is 0.0206. The molecule has 2 amide bonds. The van der Waals surface area contributed by atoms with E-state index >= 15 is 0 Å². The Kier molecular flexibility index (Phi) is 4.03. The molecule has 2 aromatic carbocycles. The molecule has 0 unspecified atom stereocenters. The average Bonchev–Trinajstić information content (AvgIpc) is 2.94. The quantitative estimate of drug-likeness (QED) is 0.871. The number of piperidine rings is 1. The van der Waals surface area contributed by atoms with Crippen molar-refractivity contribution in [3.05, 3.63) is 59.7 Å². The second kappa shape index (κ2) is 6.37. The van der Waals surface area contributed by atoms with Gasteiger partial charge in [0.25, 0.3) is 0 Å². The second-order valence-electron chi connectivity index (χ2n) is 6.76. The third-order valence-corrected chi connectivity index (χ3v) is 5.28. The van der Waals surface area contributed by atoms with Crippen LogP contribution in [0.5, 0.6) is 5.75 Å². The van der Waals surface area contributed by atoms with Gasteiger partial charge in [-0.2, -0.15) is 0 Å². The van der Waals surface area contributed by atoms with Crippen molar-refractivity contribution in [1.29, 1.82) is 0 Å². The van der Waals surface area contributed by atoms with Crippen LogP contribution in [0.15, 0.2) is 48.5 Å². The van der Waals surface area contributed by atoms with Crippen LogP contribution in [0.4, 0.5) is 10.5 Å². The van der Waals surface area contributed by atoms with Gasteiger partial charge in [-0.05, 0) is 30.5 Å². The Morgan fingerprint density at radius 1 is 1.12 bits per heavy atom. The van der Waals surface area contributed by atoms with Crippen LogP contribution in [0.3, 0.4) is 0 Å². The summed E-state index contributed by atoms with van der Waals surface area (Å²) < 4.78 is 5.38. The number of benzene rings is 2. The van der Waals surface area contributed by atoms with Crippen molar-refractivity contribution in [2.75, 3.05) is 18.4 Å². The summed E-state index contributed by atoms with van der Waals surface area (Å²) in [5.41, 5.74) is 1.48. The molecule has 6 nitrogen and oxygen atoms in total. The molecule has 1 saturated heterocycles. The Hall–Kier alpha value is -3.02. The van der Waals surface area contributed by atoms with Gasteiger partial charge >= 0.3 is 6.09 Å². The maximum atomic E-state index is 12.6. The zero-order valence-electron chi connectivity index (χ0n) is 14.3. The minimum absolute atomic E-state index is 0.105. The fourth-order valence-corrected chi connectivity index (χ4v) is 3.86. The highest BCUT2D eigenvalue weighted by molar-refractivity contribution is 6.07. The number of ether oxygens (including phenoxy) is 1. The summed E-state index contributed by atoms with van der Waals surface area (Å²) in [4.78, 5) is 26.5. The number of anilines is 1. The number of phenolic OH excluding ortho intramolecular Hbond substituents is 1. The van der Waals surface area contributed by atoms with E-state index in [0.29, 0.717) is 37.2 Å². The van der Waals surface area contributed by atoms with E-state index in [1.54, 1.807) is 23.1 Å². The first kappa shape index (κ1) is 16.4. The van der Waals surface area contributed by atoms with Crippen LogP contribution in [0.25, 0.3) is 0 Å². The van der Waals surface area contributed by atoms with Crippen molar-refractivity contribution in [2.24, 2.45) is 0 Å². The third-order valence-electron chi connectivity index (χ3n) is 5.28. The summed E-state index contributed by atoms with van der Waals surface area (Å²) in [7, 11) is 0. The second-order valence-corrected chi connectivity index (χ2v) is 6.76. The van der Waals surface area contributed by atoms with Gasteiger partial charge in [0.05, 0.1) is 5.41 Å². The van der Waals surface area contributed by atoms with Crippen LogP contribution >= 0.6 is 0 Å². The average molecular weight is 352 g/mol. The molecule has 134 valence electrons. The molecule has 0 bridgehead atoms. The first-order valence-corrected chi connectivity index (χ1v) is 8.70. The maximum Gasteiger partial charge on any atom is 0.410 e. The summed E-state index contributed by atoms with van der Waals surface area (Å²) in [6, 6.07) is 14.6. The third kappa shape index (κ3) is 2.67. The molecular weight excluding hydrogens is 332 g/mol. The predicted octanol–water partition coefficient (Wildman–Crippen LogP) is 3.01. The van der Waals surface area contributed by atoms with Gasteiger partial charge in [-0.3, -0.25) is 4.79 Å². The number of hydrogen-bond donors (Lipinski definition) is 2. The lowest BCUT2D eigenvalue weighted by Crippen LogP contribution is -2.48. The number of fused-ring (bicyclic) bond motifs is 2. The van der Waals surface area contributed by atoms with E-state index in [1.165, 1.54) is 0 Å². The number of rotatable bonds is 2. The molecule has 1 fully saturated rings. The van der Waals surface area contributed by atoms with Gasteiger partial charge < -0.3 is 20.1 Å². The van der Waals surface area contributed by atoms with E-state index < -0.39 is 5.41 Å². The Morgan fingerprint density at radius 2 is 1.85 bits per heavy atom. The van der Waals surface area contributed by atoms with Crippen molar-refractivity contribution >= 4 is 17.7 Å². The van der Waals surface area contributed by atoms with E-state index in [1.807, 2.05) is 30.3 Å². The first-order chi connectivity index (χ1) is 12.6. The molecule has 6 heteroatoms. The molecule has 2 N–H and O–H groups in total. The van der Waals surface area contributed by atoms with Gasteiger partial charge in [0.15, 0.2) is 0 Å². The van der Waals surface area contributed by atoms with Crippen LogP contribution < -0.4 is 5.32 Å². The first-order valence-electron chi connectivity index (χ1n) is 8.70. The molecule has 2 heterocycles. The lowest BCUT2D eigenvalue weighted by molar-refractivity contribution is -0.122. The highest BCUT2D eigenvalue weighted by Crippen LogP contribution is 2.48. The molecule has 0 atom stereocenters. The molecule has 0 saturated carbocycles. The SMILES string of the molecule is O=C(OCc1ccccc1)N1CCC2(CC1)C(=O)Nc1cccc(O)c12. The minimum Gasteiger partial charge on any atom is -0.508 e. The molecule has 0 aliphatic carbocycles. The topological polar surface area (TPSA) is 78.9 Å². The van der Waals surface area contributed by atoms with Crippen LogP contribution in [0.1, 0.15) is 24.0 Å². The summed E-state index contributed by atoms with van der Waals surface area (Å²) in [5, 5.41) is 13.1. The number of amides is 2. The van der Waals surface area contributed by atoms with Crippen molar-refractivity contribution in [1.82, 2.24) is 4.90 Å². The number of nitrogens with zero attached hydrogens (tertiary/aromatic N) is 1. The monoisotopic (exact) mass is 352 g/mol. The van der Waals surface area contributed by atoms with Gasteiger partial charge in [-0.15, -0.1) is 0 Å². The Labute approximate surface area is 151 Å². The normalized spacial score (nSPS) is 17.7. The standard InChI is InChI=1S/C20H20N2O4/c23-16-8-4-7-15-17(16)20(18(24)21-15)9-11-22(12-10-20)19(25)26-13-14-5-2-1-3-6-14/h1-8,23H,9-13H2,(H,21,24). The Bertz CT molecular complexity index is 842. The summed E-state index contributed by atoms with van der Waals surface area (Å²) >= 11 is 0. The molecule has 2 aliphatic heterocycles. The van der Waals surface area contributed by atoms with E-state index in [0.717, 1.165) is 5.56 Å². The maximum absolute atomic E-state index is 12.6. The predicted molar refractivity (Wildman–Crippen MR) is 95.8 cm³/mol. The molecule has 4 rings (SSSR count).